The van der Waals surface area contributed by atoms with Crippen molar-refractivity contribution in [2.75, 3.05) is 6.61 Å². The highest BCUT2D eigenvalue weighted by atomic mass is 32.2. The molecule has 0 amide bonds. The monoisotopic (exact) mass is 289 g/mol. The number of hydrogen-bond donors (Lipinski definition) is 3. The third-order valence-corrected chi connectivity index (χ3v) is 3.62. The van der Waals surface area contributed by atoms with Crippen molar-refractivity contribution in [3.8, 4) is 0 Å². The standard InChI is InChI=1S/C9H11N3O6S/c13-3-4-6(15)7(19-11-17)8(18-4)12-2-1-5(14)10-9(12)16/h1-2,4,6-8,13,15H,3H2,(H,10,14,16)/t4-,6-,7-,8-/m1/s1. The molecule has 1 aromatic rings. The molecule has 3 N–H and O–H groups in total. The Hall–Kier alpha value is -1.49. The van der Waals surface area contributed by atoms with Crippen LogP contribution >= 0.6 is 11.9 Å². The SMILES string of the molecule is O=NS[C@@H]1[C@H](O)[C@@H](CO)O[C@H]1n1ccc(=O)[nH]c1=O. The van der Waals surface area contributed by atoms with Crippen LogP contribution in [0.15, 0.2) is 26.4 Å². The number of rotatable bonds is 4. The van der Waals surface area contributed by atoms with Crippen molar-refractivity contribution in [2.24, 2.45) is 4.58 Å². The molecule has 0 aliphatic carbocycles. The number of aliphatic hydroxyl groups excluding tert-OH is 2. The van der Waals surface area contributed by atoms with Crippen LogP contribution in [0.1, 0.15) is 6.23 Å². The molecular weight excluding hydrogens is 278 g/mol. The molecule has 0 radical (unpaired) electrons. The van der Waals surface area contributed by atoms with E-state index in [-0.39, 0.29) is 0 Å². The molecule has 10 heteroatoms. The van der Waals surface area contributed by atoms with Crippen molar-refractivity contribution >= 4 is 11.9 Å². The first-order valence-corrected chi connectivity index (χ1v) is 6.16. The first-order chi connectivity index (χ1) is 9.08. The highest BCUT2D eigenvalue weighted by molar-refractivity contribution is 7.98. The predicted molar refractivity (Wildman–Crippen MR) is 65.5 cm³/mol. The van der Waals surface area contributed by atoms with Gasteiger partial charge in [0.25, 0.3) is 5.56 Å². The van der Waals surface area contributed by atoms with Gasteiger partial charge in [-0.25, -0.2) is 4.79 Å². The lowest BCUT2D eigenvalue weighted by Crippen LogP contribution is -2.36. The summed E-state index contributed by atoms with van der Waals surface area (Å²) in [5.41, 5.74) is -1.31. The van der Waals surface area contributed by atoms with Crippen molar-refractivity contribution in [1.29, 1.82) is 0 Å². The van der Waals surface area contributed by atoms with Gasteiger partial charge in [0, 0.05) is 28.8 Å². The van der Waals surface area contributed by atoms with E-state index in [1.54, 1.807) is 0 Å². The van der Waals surface area contributed by atoms with E-state index in [2.05, 4.69) is 4.58 Å². The summed E-state index contributed by atoms with van der Waals surface area (Å²) in [4.78, 5) is 35.0. The van der Waals surface area contributed by atoms with E-state index in [4.69, 9.17) is 9.84 Å². The summed E-state index contributed by atoms with van der Waals surface area (Å²) in [7, 11) is 0. The van der Waals surface area contributed by atoms with Crippen LogP contribution in [0.2, 0.25) is 0 Å². The molecule has 1 aliphatic rings. The Morgan fingerprint density at radius 2 is 2.26 bits per heavy atom. The lowest BCUT2D eigenvalue weighted by molar-refractivity contribution is -0.0457. The predicted octanol–water partition coefficient (Wildman–Crippen LogP) is -1.43. The molecule has 1 fully saturated rings. The molecule has 19 heavy (non-hydrogen) atoms. The first-order valence-electron chi connectivity index (χ1n) is 5.33. The summed E-state index contributed by atoms with van der Waals surface area (Å²) < 4.78 is 8.96. The molecule has 1 aliphatic heterocycles. The van der Waals surface area contributed by atoms with Crippen LogP contribution in [0.5, 0.6) is 0 Å². The van der Waals surface area contributed by atoms with E-state index in [0.29, 0.717) is 11.9 Å². The molecule has 2 heterocycles. The van der Waals surface area contributed by atoms with Gasteiger partial charge in [0.15, 0.2) is 6.23 Å². The van der Waals surface area contributed by atoms with Gasteiger partial charge >= 0.3 is 5.69 Å². The van der Waals surface area contributed by atoms with E-state index in [0.717, 1.165) is 10.6 Å². The quantitative estimate of drug-likeness (QED) is 0.457. The smallest absolute Gasteiger partial charge is 0.330 e. The number of ether oxygens (including phenoxy) is 1. The fraction of sp³-hybridized carbons (Fsp3) is 0.556. The molecule has 0 aromatic carbocycles. The maximum atomic E-state index is 11.6. The van der Waals surface area contributed by atoms with Gasteiger partial charge in [0.05, 0.1) is 6.61 Å². The van der Waals surface area contributed by atoms with Gasteiger partial charge in [0.1, 0.15) is 17.5 Å². The Bertz CT molecular complexity index is 572. The van der Waals surface area contributed by atoms with Crippen LogP contribution < -0.4 is 11.2 Å². The van der Waals surface area contributed by atoms with E-state index < -0.39 is 41.5 Å². The second-order valence-corrected chi connectivity index (χ2v) is 4.80. The van der Waals surface area contributed by atoms with Gasteiger partial charge in [-0.1, -0.05) is 0 Å². The third kappa shape index (κ3) is 2.61. The molecule has 9 nitrogen and oxygen atoms in total. The van der Waals surface area contributed by atoms with Crippen LogP contribution in [0.25, 0.3) is 0 Å². The Balaban J connectivity index is 2.38. The Morgan fingerprint density at radius 3 is 2.84 bits per heavy atom. The molecule has 1 saturated heterocycles. The van der Waals surface area contributed by atoms with Crippen LogP contribution in [-0.4, -0.2) is 43.8 Å². The highest BCUT2D eigenvalue weighted by Gasteiger charge is 2.45. The van der Waals surface area contributed by atoms with E-state index in [1.165, 1.54) is 6.20 Å². The van der Waals surface area contributed by atoms with Gasteiger partial charge in [-0.15, -0.1) is 4.91 Å². The van der Waals surface area contributed by atoms with Crippen LogP contribution in [0, 0.1) is 4.91 Å². The fourth-order valence-corrected chi connectivity index (χ4v) is 2.58. The van der Waals surface area contributed by atoms with E-state index in [1.807, 2.05) is 4.98 Å². The Kier molecular flexibility index (Phi) is 4.14. The molecule has 4 atom stereocenters. The second kappa shape index (κ2) is 5.65. The minimum atomic E-state index is -1.16. The summed E-state index contributed by atoms with van der Waals surface area (Å²) >= 11 is 0.514. The number of aliphatic hydroxyl groups is 2. The second-order valence-electron chi connectivity index (χ2n) is 3.90. The summed E-state index contributed by atoms with van der Waals surface area (Å²) in [5.74, 6) is 0. The van der Waals surface area contributed by atoms with Gasteiger partial charge < -0.3 is 14.9 Å². The fourth-order valence-electron chi connectivity index (χ4n) is 1.88. The van der Waals surface area contributed by atoms with Crippen molar-refractivity contribution < 1.29 is 14.9 Å². The Labute approximate surface area is 110 Å². The normalized spacial score (nSPS) is 30.4. The Morgan fingerprint density at radius 1 is 1.53 bits per heavy atom. The topological polar surface area (TPSA) is 134 Å². The maximum Gasteiger partial charge on any atom is 0.330 e. The van der Waals surface area contributed by atoms with Crippen molar-refractivity contribution in [3.63, 3.8) is 0 Å². The number of nitrogens with zero attached hydrogens (tertiary/aromatic N) is 2. The van der Waals surface area contributed by atoms with Crippen molar-refractivity contribution in [1.82, 2.24) is 9.55 Å². The van der Waals surface area contributed by atoms with Gasteiger partial charge in [0.2, 0.25) is 0 Å². The average Bonchev–Trinajstić information content (AvgIpc) is 2.68. The summed E-state index contributed by atoms with van der Waals surface area (Å²) in [6, 6.07) is 1.11. The molecule has 104 valence electrons. The number of hydrogen-bond acceptors (Lipinski definition) is 8. The number of nitroso groups, excluding NO2 is 1. The summed E-state index contributed by atoms with van der Waals surface area (Å²) in [5, 5.41) is 18.1. The minimum Gasteiger partial charge on any atom is -0.394 e. The number of nitrogens with one attached hydrogen (secondary N) is 1. The zero-order chi connectivity index (χ0) is 14.0. The van der Waals surface area contributed by atoms with Crippen LogP contribution in [0.4, 0.5) is 0 Å². The van der Waals surface area contributed by atoms with Gasteiger partial charge in [-0.2, -0.15) is 0 Å². The average molecular weight is 289 g/mol. The number of aromatic nitrogens is 2. The van der Waals surface area contributed by atoms with Crippen LogP contribution in [0.3, 0.4) is 0 Å². The maximum absolute atomic E-state index is 11.6. The molecule has 0 unspecified atom stereocenters. The lowest BCUT2D eigenvalue weighted by Gasteiger charge is -2.17. The first kappa shape index (κ1) is 13.9. The van der Waals surface area contributed by atoms with E-state index >= 15 is 0 Å². The number of H-pyrrole nitrogens is 1. The largest absolute Gasteiger partial charge is 0.394 e. The van der Waals surface area contributed by atoms with Crippen molar-refractivity contribution in [2.45, 2.75) is 23.7 Å². The summed E-state index contributed by atoms with van der Waals surface area (Å²) in [6.07, 6.45) is -1.89. The van der Waals surface area contributed by atoms with Gasteiger partial charge in [-0.3, -0.25) is 14.3 Å². The number of aromatic amines is 1. The van der Waals surface area contributed by atoms with Gasteiger partial charge in [-0.05, 0) is 0 Å². The minimum absolute atomic E-state index is 0.467. The zero-order valence-electron chi connectivity index (χ0n) is 9.50. The molecular formula is C9H11N3O6S. The molecule has 0 saturated carbocycles. The van der Waals surface area contributed by atoms with E-state index in [9.17, 15) is 19.6 Å². The highest BCUT2D eigenvalue weighted by Crippen LogP contribution is 2.37. The van der Waals surface area contributed by atoms with Crippen molar-refractivity contribution in [3.05, 3.63) is 38.0 Å². The lowest BCUT2D eigenvalue weighted by atomic mass is 10.2. The zero-order valence-corrected chi connectivity index (χ0v) is 10.3. The summed E-state index contributed by atoms with van der Waals surface area (Å²) in [6.45, 7) is -0.467. The third-order valence-electron chi connectivity index (χ3n) is 2.78. The van der Waals surface area contributed by atoms with Crippen LogP contribution in [-0.2, 0) is 4.74 Å². The molecule has 0 bridgehead atoms. The molecule has 1 aromatic heterocycles. The molecule has 2 rings (SSSR count). The molecule has 0 spiro atoms.